The van der Waals surface area contributed by atoms with Crippen molar-refractivity contribution in [2.45, 2.75) is 39.1 Å². The normalized spacial score (nSPS) is 12.4. The Morgan fingerprint density at radius 2 is 1.83 bits per heavy atom. The monoisotopic (exact) mass is 408 g/mol. The lowest BCUT2D eigenvalue weighted by molar-refractivity contribution is 0.0668. The van der Waals surface area contributed by atoms with Gasteiger partial charge in [0, 0.05) is 37.3 Å². The van der Waals surface area contributed by atoms with Gasteiger partial charge in [-0.05, 0) is 44.7 Å². The minimum atomic E-state index is -0.612. The summed E-state index contributed by atoms with van der Waals surface area (Å²) in [5.74, 6) is -0.0539. The highest BCUT2D eigenvalue weighted by molar-refractivity contribution is 5.43. The van der Waals surface area contributed by atoms with Gasteiger partial charge in [0.15, 0.2) is 11.5 Å². The van der Waals surface area contributed by atoms with Crippen molar-refractivity contribution in [1.82, 2.24) is 10.2 Å². The summed E-state index contributed by atoms with van der Waals surface area (Å²) in [6, 6.07) is 9.37. The second-order valence-electron chi connectivity index (χ2n) is 7.32. The Hall–Kier alpha value is -2.22. The van der Waals surface area contributed by atoms with E-state index < -0.39 is 17.7 Å². The van der Waals surface area contributed by atoms with Gasteiger partial charge in [-0.3, -0.25) is 0 Å². The molecule has 7 heteroatoms. The number of benzene rings is 2. The zero-order valence-corrected chi connectivity index (χ0v) is 17.4. The highest BCUT2D eigenvalue weighted by Crippen LogP contribution is 2.28. The molecule has 0 saturated carbocycles. The summed E-state index contributed by atoms with van der Waals surface area (Å²) in [6.45, 7) is 5.57. The average molecular weight is 408 g/mol. The maximum atomic E-state index is 13.7. The van der Waals surface area contributed by atoms with Gasteiger partial charge in [0.25, 0.3) is 0 Å². The first-order valence-electron chi connectivity index (χ1n) is 9.62. The van der Waals surface area contributed by atoms with E-state index in [0.717, 1.165) is 11.6 Å². The molecule has 0 heterocycles. The number of hydrogen-bond acceptors (Lipinski definition) is 5. The first-order valence-corrected chi connectivity index (χ1v) is 9.62. The van der Waals surface area contributed by atoms with Crippen LogP contribution in [0.3, 0.4) is 0 Å². The number of aliphatic hydroxyl groups excluding tert-OH is 1. The molecule has 0 fully saturated rings. The Balaban J connectivity index is 1.89. The summed E-state index contributed by atoms with van der Waals surface area (Å²) in [7, 11) is 3.50. The van der Waals surface area contributed by atoms with Gasteiger partial charge in [-0.2, -0.15) is 0 Å². The van der Waals surface area contributed by atoms with Crippen LogP contribution in [0.2, 0.25) is 0 Å². The first-order chi connectivity index (χ1) is 13.8. The summed E-state index contributed by atoms with van der Waals surface area (Å²) in [5, 5.41) is 13.3. The molecule has 2 aromatic carbocycles. The third kappa shape index (κ3) is 7.27. The molecule has 1 unspecified atom stereocenters. The molecule has 2 rings (SSSR count). The van der Waals surface area contributed by atoms with E-state index in [9.17, 15) is 13.9 Å². The van der Waals surface area contributed by atoms with Crippen LogP contribution < -0.4 is 14.8 Å². The van der Waals surface area contributed by atoms with E-state index in [1.54, 1.807) is 13.2 Å². The van der Waals surface area contributed by atoms with Gasteiger partial charge in [0.05, 0.1) is 7.11 Å². The number of rotatable bonds is 11. The van der Waals surface area contributed by atoms with Crippen molar-refractivity contribution >= 4 is 0 Å². The maximum absolute atomic E-state index is 13.7. The predicted octanol–water partition coefficient (Wildman–Crippen LogP) is 3.34. The van der Waals surface area contributed by atoms with E-state index in [1.807, 2.05) is 24.1 Å². The smallest absolute Gasteiger partial charge is 0.161 e. The molecule has 0 radical (unpaired) electrons. The number of likely N-dealkylation sites (N-methyl/N-ethyl adjacent to an activating group) is 1. The number of methoxy groups -OCH3 is 1. The lowest BCUT2D eigenvalue weighted by atomic mass is 10.1. The third-order valence-electron chi connectivity index (χ3n) is 4.70. The van der Waals surface area contributed by atoms with Crippen LogP contribution in [-0.4, -0.2) is 49.5 Å². The molecular formula is C22H30F2N2O3. The predicted molar refractivity (Wildman–Crippen MR) is 109 cm³/mol. The van der Waals surface area contributed by atoms with Crippen molar-refractivity contribution in [3.05, 3.63) is 59.2 Å². The van der Waals surface area contributed by atoms with Crippen LogP contribution in [-0.2, 0) is 13.1 Å². The quantitative estimate of drug-likeness (QED) is 0.597. The molecule has 2 aromatic rings. The molecule has 0 bridgehead atoms. The molecule has 29 heavy (non-hydrogen) atoms. The van der Waals surface area contributed by atoms with Crippen LogP contribution in [0, 0.1) is 11.6 Å². The minimum Gasteiger partial charge on any atom is -0.493 e. The zero-order valence-electron chi connectivity index (χ0n) is 17.4. The number of halogens is 2. The molecule has 0 aromatic heterocycles. The zero-order chi connectivity index (χ0) is 21.4. The molecular weight excluding hydrogens is 378 g/mol. The lowest BCUT2D eigenvalue weighted by Gasteiger charge is -2.24. The number of nitrogens with one attached hydrogen (secondary N) is 1. The van der Waals surface area contributed by atoms with Crippen LogP contribution in [0.15, 0.2) is 36.4 Å². The SMILES string of the molecule is COc1cc(CNCc2ccc(F)cc2F)ccc1OCC(O)CN(C)C(C)C. The van der Waals surface area contributed by atoms with Gasteiger partial charge in [-0.1, -0.05) is 12.1 Å². The largest absolute Gasteiger partial charge is 0.493 e. The standard InChI is InChI=1S/C22H30F2N2O3/c1-15(2)26(3)13-19(27)14-29-21-8-5-16(9-22(21)28-4)11-25-12-17-6-7-18(23)10-20(17)24/h5-10,15,19,25,27H,11-14H2,1-4H3. The van der Waals surface area contributed by atoms with Crippen molar-refractivity contribution in [1.29, 1.82) is 0 Å². The Bertz CT molecular complexity index is 787. The van der Waals surface area contributed by atoms with E-state index in [1.165, 1.54) is 12.1 Å². The fourth-order valence-corrected chi connectivity index (χ4v) is 2.73. The van der Waals surface area contributed by atoms with E-state index in [0.29, 0.717) is 36.2 Å². The fraction of sp³-hybridized carbons (Fsp3) is 0.455. The van der Waals surface area contributed by atoms with Crippen molar-refractivity contribution in [3.8, 4) is 11.5 Å². The minimum absolute atomic E-state index is 0.162. The molecule has 0 spiro atoms. The summed E-state index contributed by atoms with van der Waals surface area (Å²) in [6.07, 6.45) is -0.612. The van der Waals surface area contributed by atoms with Gasteiger partial charge >= 0.3 is 0 Å². The molecule has 5 nitrogen and oxygen atoms in total. The number of hydrogen-bond donors (Lipinski definition) is 2. The molecule has 160 valence electrons. The van der Waals surface area contributed by atoms with Crippen LogP contribution in [0.5, 0.6) is 11.5 Å². The lowest BCUT2D eigenvalue weighted by Crippen LogP contribution is -2.36. The van der Waals surface area contributed by atoms with Gasteiger partial charge in [-0.15, -0.1) is 0 Å². The fourth-order valence-electron chi connectivity index (χ4n) is 2.73. The average Bonchev–Trinajstić information content (AvgIpc) is 2.68. The van der Waals surface area contributed by atoms with Gasteiger partial charge in [0.2, 0.25) is 0 Å². The molecule has 0 saturated heterocycles. The summed E-state index contributed by atoms with van der Waals surface area (Å²) >= 11 is 0. The summed E-state index contributed by atoms with van der Waals surface area (Å²) < 4.78 is 37.7. The highest BCUT2D eigenvalue weighted by Gasteiger charge is 2.13. The van der Waals surface area contributed by atoms with Gasteiger partial charge in [0.1, 0.15) is 24.3 Å². The first kappa shape index (κ1) is 23.1. The molecule has 1 atom stereocenters. The maximum Gasteiger partial charge on any atom is 0.161 e. The third-order valence-corrected chi connectivity index (χ3v) is 4.70. The molecule has 0 aliphatic heterocycles. The molecule has 0 aliphatic rings. The second kappa shape index (κ2) is 11.1. The van der Waals surface area contributed by atoms with Crippen molar-refractivity contribution in [3.63, 3.8) is 0 Å². The van der Waals surface area contributed by atoms with Crippen LogP contribution in [0.4, 0.5) is 8.78 Å². The Morgan fingerprint density at radius 1 is 1.07 bits per heavy atom. The van der Waals surface area contributed by atoms with E-state index in [2.05, 4.69) is 19.2 Å². The van der Waals surface area contributed by atoms with Crippen LogP contribution in [0.25, 0.3) is 0 Å². The number of aliphatic hydroxyl groups is 1. The topological polar surface area (TPSA) is 54.0 Å². The molecule has 2 N–H and O–H groups in total. The molecule has 0 aliphatic carbocycles. The van der Waals surface area contributed by atoms with E-state index >= 15 is 0 Å². The number of nitrogens with zero attached hydrogens (tertiary/aromatic N) is 1. The Kier molecular flexibility index (Phi) is 8.82. The van der Waals surface area contributed by atoms with Gasteiger partial charge in [-0.25, -0.2) is 8.78 Å². The van der Waals surface area contributed by atoms with Gasteiger partial charge < -0.3 is 24.8 Å². The Morgan fingerprint density at radius 3 is 2.48 bits per heavy atom. The molecule has 0 amide bonds. The van der Waals surface area contributed by atoms with Crippen molar-refractivity contribution in [2.24, 2.45) is 0 Å². The van der Waals surface area contributed by atoms with E-state index in [-0.39, 0.29) is 13.2 Å². The van der Waals surface area contributed by atoms with Crippen LogP contribution >= 0.6 is 0 Å². The van der Waals surface area contributed by atoms with Crippen molar-refractivity contribution < 1.29 is 23.4 Å². The Labute approximate surface area is 171 Å². The summed E-state index contributed by atoms with van der Waals surface area (Å²) in [5.41, 5.74) is 1.33. The highest BCUT2D eigenvalue weighted by atomic mass is 19.1. The summed E-state index contributed by atoms with van der Waals surface area (Å²) in [4.78, 5) is 2.05. The number of ether oxygens (including phenoxy) is 2. The van der Waals surface area contributed by atoms with Crippen LogP contribution in [0.1, 0.15) is 25.0 Å². The van der Waals surface area contributed by atoms with Crippen molar-refractivity contribution in [2.75, 3.05) is 27.3 Å². The van der Waals surface area contributed by atoms with E-state index in [4.69, 9.17) is 9.47 Å². The second-order valence-corrected chi connectivity index (χ2v) is 7.32.